The van der Waals surface area contributed by atoms with E-state index in [0.717, 1.165) is 36.5 Å². The zero-order valence-corrected chi connectivity index (χ0v) is 13.7. The number of halogens is 1. The highest BCUT2D eigenvalue weighted by Crippen LogP contribution is 2.27. The molecular formula is C17H27FN2O. The van der Waals surface area contributed by atoms with Crippen LogP contribution < -0.4 is 5.32 Å². The lowest BCUT2D eigenvalue weighted by Gasteiger charge is -2.02. The molecule has 0 aliphatic heterocycles. The van der Waals surface area contributed by atoms with Crippen molar-refractivity contribution in [1.29, 1.82) is 0 Å². The molecule has 4 heteroatoms. The average Bonchev–Trinajstić information content (AvgIpc) is 2.87. The summed E-state index contributed by atoms with van der Waals surface area (Å²) < 4.78 is 18.1. The van der Waals surface area contributed by atoms with Gasteiger partial charge in [0, 0.05) is 11.3 Å². The van der Waals surface area contributed by atoms with E-state index in [0.29, 0.717) is 11.5 Å². The zero-order chi connectivity index (χ0) is 15.8. The second-order valence-corrected chi connectivity index (χ2v) is 5.72. The van der Waals surface area contributed by atoms with Crippen LogP contribution in [-0.2, 0) is 0 Å². The van der Waals surface area contributed by atoms with Gasteiger partial charge in [-0.1, -0.05) is 39.8 Å². The van der Waals surface area contributed by atoms with Crippen LogP contribution in [0.1, 0.15) is 52.7 Å². The third-order valence-electron chi connectivity index (χ3n) is 3.34. The Morgan fingerprint density at radius 3 is 2.48 bits per heavy atom. The van der Waals surface area contributed by atoms with E-state index in [1.165, 1.54) is 12.1 Å². The van der Waals surface area contributed by atoms with Crippen LogP contribution in [0.15, 0.2) is 22.7 Å². The lowest BCUT2D eigenvalue weighted by Crippen LogP contribution is -2.18. The second-order valence-electron chi connectivity index (χ2n) is 5.72. The largest absolute Gasteiger partial charge is 0.356 e. The number of fused-ring (bicyclic) bond motifs is 1. The Labute approximate surface area is 126 Å². The quantitative estimate of drug-likeness (QED) is 0.866. The van der Waals surface area contributed by atoms with E-state index in [1.54, 1.807) is 6.07 Å². The van der Waals surface area contributed by atoms with Gasteiger partial charge in [-0.05, 0) is 43.6 Å². The minimum atomic E-state index is -0.245. The van der Waals surface area contributed by atoms with E-state index in [-0.39, 0.29) is 5.82 Å². The summed E-state index contributed by atoms with van der Waals surface area (Å²) >= 11 is 0. The van der Waals surface area contributed by atoms with E-state index in [9.17, 15) is 4.39 Å². The van der Waals surface area contributed by atoms with E-state index in [4.69, 9.17) is 4.52 Å². The van der Waals surface area contributed by atoms with Crippen molar-refractivity contribution in [3.8, 4) is 0 Å². The van der Waals surface area contributed by atoms with Crippen molar-refractivity contribution in [1.82, 2.24) is 10.5 Å². The SMILES string of the molecule is CCC(C)c1noc2ccc(F)cc12.CCNCC(C)C. The predicted octanol–water partition coefficient (Wildman–Crippen LogP) is 4.73. The fourth-order valence-electron chi connectivity index (χ4n) is 1.91. The average molecular weight is 294 g/mol. The Morgan fingerprint density at radius 2 is 1.95 bits per heavy atom. The van der Waals surface area contributed by atoms with Crippen LogP contribution in [0.2, 0.25) is 0 Å². The van der Waals surface area contributed by atoms with Crippen LogP contribution in [0, 0.1) is 11.7 Å². The minimum absolute atomic E-state index is 0.245. The fourth-order valence-corrected chi connectivity index (χ4v) is 1.91. The molecule has 0 radical (unpaired) electrons. The maximum Gasteiger partial charge on any atom is 0.167 e. The molecule has 1 unspecified atom stereocenters. The van der Waals surface area contributed by atoms with Gasteiger partial charge in [-0.15, -0.1) is 0 Å². The molecule has 1 N–H and O–H groups in total. The first-order chi connectivity index (χ1) is 9.99. The number of hydrogen-bond donors (Lipinski definition) is 1. The summed E-state index contributed by atoms with van der Waals surface area (Å²) in [4.78, 5) is 0. The lowest BCUT2D eigenvalue weighted by molar-refractivity contribution is 0.438. The molecule has 118 valence electrons. The van der Waals surface area contributed by atoms with Crippen molar-refractivity contribution in [3.05, 3.63) is 29.7 Å². The number of benzene rings is 1. The van der Waals surface area contributed by atoms with Gasteiger partial charge in [-0.3, -0.25) is 0 Å². The molecule has 21 heavy (non-hydrogen) atoms. The van der Waals surface area contributed by atoms with Crippen molar-refractivity contribution in [2.45, 2.75) is 47.0 Å². The van der Waals surface area contributed by atoms with Gasteiger partial charge >= 0.3 is 0 Å². The molecule has 0 saturated heterocycles. The van der Waals surface area contributed by atoms with Gasteiger partial charge in [-0.25, -0.2) is 4.39 Å². The smallest absolute Gasteiger partial charge is 0.167 e. The second kappa shape index (κ2) is 8.78. The molecule has 0 amide bonds. The van der Waals surface area contributed by atoms with Gasteiger partial charge in [0.15, 0.2) is 5.58 Å². The highest BCUT2D eigenvalue weighted by Gasteiger charge is 2.13. The lowest BCUT2D eigenvalue weighted by atomic mass is 10.0. The van der Waals surface area contributed by atoms with Crippen LogP contribution in [0.5, 0.6) is 0 Å². The highest BCUT2D eigenvalue weighted by molar-refractivity contribution is 5.79. The highest BCUT2D eigenvalue weighted by atomic mass is 19.1. The topological polar surface area (TPSA) is 38.1 Å². The van der Waals surface area contributed by atoms with Gasteiger partial charge in [0.2, 0.25) is 0 Å². The molecule has 2 rings (SSSR count). The summed E-state index contributed by atoms with van der Waals surface area (Å²) in [6.45, 7) is 12.9. The third-order valence-corrected chi connectivity index (χ3v) is 3.34. The molecule has 2 aromatic rings. The summed E-state index contributed by atoms with van der Waals surface area (Å²) in [6, 6.07) is 4.48. The van der Waals surface area contributed by atoms with Gasteiger partial charge < -0.3 is 9.84 Å². The molecule has 0 aliphatic carbocycles. The van der Waals surface area contributed by atoms with Gasteiger partial charge in [0.25, 0.3) is 0 Å². The van der Waals surface area contributed by atoms with Crippen LogP contribution in [0.3, 0.4) is 0 Å². The van der Waals surface area contributed by atoms with Crippen molar-refractivity contribution in [3.63, 3.8) is 0 Å². The van der Waals surface area contributed by atoms with E-state index >= 15 is 0 Å². The van der Waals surface area contributed by atoms with Crippen molar-refractivity contribution in [2.24, 2.45) is 5.92 Å². The number of nitrogens with one attached hydrogen (secondary N) is 1. The molecule has 1 aromatic heterocycles. The summed E-state index contributed by atoms with van der Waals surface area (Å²) in [5.41, 5.74) is 1.50. The first-order valence-corrected chi connectivity index (χ1v) is 7.75. The van der Waals surface area contributed by atoms with Crippen LogP contribution in [-0.4, -0.2) is 18.2 Å². The summed E-state index contributed by atoms with van der Waals surface area (Å²) in [5.74, 6) is 0.850. The standard InChI is InChI=1S/C11H12FNO.C6H15N/c1-3-7(2)11-9-6-8(12)4-5-10(9)14-13-11;1-4-7-5-6(2)3/h4-7H,3H2,1-2H3;6-7H,4-5H2,1-3H3. The maximum atomic E-state index is 13.0. The Morgan fingerprint density at radius 1 is 1.24 bits per heavy atom. The Hall–Kier alpha value is -1.42. The number of rotatable bonds is 5. The summed E-state index contributed by atoms with van der Waals surface area (Å²) in [5, 5.41) is 8.00. The zero-order valence-electron chi connectivity index (χ0n) is 13.7. The molecular weight excluding hydrogens is 267 g/mol. The third kappa shape index (κ3) is 5.46. The first kappa shape index (κ1) is 17.6. The van der Waals surface area contributed by atoms with Crippen LogP contribution in [0.4, 0.5) is 4.39 Å². The van der Waals surface area contributed by atoms with Gasteiger partial charge in [0.1, 0.15) is 5.82 Å². The summed E-state index contributed by atoms with van der Waals surface area (Å²) in [6.07, 6.45) is 0.970. The molecule has 0 bridgehead atoms. The van der Waals surface area contributed by atoms with Crippen molar-refractivity contribution in [2.75, 3.05) is 13.1 Å². The molecule has 0 saturated carbocycles. The first-order valence-electron chi connectivity index (χ1n) is 7.75. The van der Waals surface area contributed by atoms with E-state index in [1.807, 2.05) is 0 Å². The molecule has 0 aliphatic rings. The number of aromatic nitrogens is 1. The van der Waals surface area contributed by atoms with Gasteiger partial charge in [0.05, 0.1) is 5.69 Å². The molecule has 1 aromatic carbocycles. The molecule has 3 nitrogen and oxygen atoms in total. The fraction of sp³-hybridized carbons (Fsp3) is 0.588. The molecule has 1 atom stereocenters. The van der Waals surface area contributed by atoms with Crippen LogP contribution >= 0.6 is 0 Å². The number of hydrogen-bond acceptors (Lipinski definition) is 3. The number of nitrogens with zero attached hydrogens (tertiary/aromatic N) is 1. The Kier molecular flexibility index (Phi) is 7.37. The Balaban J connectivity index is 0.000000270. The molecule has 1 heterocycles. The maximum absolute atomic E-state index is 13.0. The molecule has 0 spiro atoms. The van der Waals surface area contributed by atoms with Crippen molar-refractivity contribution < 1.29 is 8.91 Å². The Bertz CT molecular complexity index is 537. The van der Waals surface area contributed by atoms with Crippen LogP contribution in [0.25, 0.3) is 11.0 Å². The van der Waals surface area contributed by atoms with E-state index in [2.05, 4.69) is 45.1 Å². The van der Waals surface area contributed by atoms with Crippen molar-refractivity contribution >= 4 is 11.0 Å². The summed E-state index contributed by atoms with van der Waals surface area (Å²) in [7, 11) is 0. The normalized spacial score (nSPS) is 12.3. The van der Waals surface area contributed by atoms with Gasteiger partial charge in [-0.2, -0.15) is 0 Å². The predicted molar refractivity (Wildman–Crippen MR) is 86.1 cm³/mol. The minimum Gasteiger partial charge on any atom is -0.356 e. The monoisotopic (exact) mass is 294 g/mol. The van der Waals surface area contributed by atoms with E-state index < -0.39 is 0 Å². The molecule has 0 fully saturated rings.